The van der Waals surface area contributed by atoms with Crippen LogP contribution in [0.4, 0.5) is 0 Å². The summed E-state index contributed by atoms with van der Waals surface area (Å²) < 4.78 is 0. The van der Waals surface area contributed by atoms with E-state index in [1.54, 1.807) is 31.2 Å². The molecule has 4 N–H and O–H groups in total. The third-order valence-electron chi connectivity index (χ3n) is 3.35. The molecule has 0 radical (unpaired) electrons. The lowest BCUT2D eigenvalue weighted by Gasteiger charge is -2.27. The van der Waals surface area contributed by atoms with Crippen LogP contribution < -0.4 is 5.73 Å². The molecule has 0 heterocycles. The van der Waals surface area contributed by atoms with Crippen LogP contribution in [-0.4, -0.2) is 17.3 Å². The molecule has 3 nitrogen and oxygen atoms in total. The second kappa shape index (κ2) is 9.03. The van der Waals surface area contributed by atoms with Gasteiger partial charge in [-0.15, -0.1) is 0 Å². The summed E-state index contributed by atoms with van der Waals surface area (Å²) in [4.78, 5) is 0. The highest BCUT2D eigenvalue weighted by Crippen LogP contribution is 2.33. The molecule has 0 fully saturated rings. The fourth-order valence-electron chi connectivity index (χ4n) is 1.98. The summed E-state index contributed by atoms with van der Waals surface area (Å²) in [5.41, 5.74) is 6.53. The monoisotopic (exact) mass is 289 g/mol. The SMILES string of the molecule is CN.C\C=C(O)/C=C\C(=C/C)C(C)(C)c1ccc(O)cc1. The van der Waals surface area contributed by atoms with E-state index < -0.39 is 0 Å². The van der Waals surface area contributed by atoms with Crippen molar-refractivity contribution in [1.82, 2.24) is 0 Å². The average molecular weight is 289 g/mol. The molecule has 0 aromatic heterocycles. The third-order valence-corrected chi connectivity index (χ3v) is 3.35. The highest BCUT2D eigenvalue weighted by Gasteiger charge is 2.23. The van der Waals surface area contributed by atoms with Gasteiger partial charge in [0, 0.05) is 5.41 Å². The topological polar surface area (TPSA) is 66.5 Å². The number of hydrogen-bond donors (Lipinski definition) is 3. The zero-order valence-electron chi connectivity index (χ0n) is 13.6. The number of nitrogens with two attached hydrogens (primary N) is 1. The Morgan fingerprint density at radius 1 is 1.00 bits per heavy atom. The number of aliphatic hydroxyl groups is 1. The van der Waals surface area contributed by atoms with E-state index in [0.717, 1.165) is 11.1 Å². The van der Waals surface area contributed by atoms with E-state index in [1.807, 2.05) is 31.2 Å². The van der Waals surface area contributed by atoms with Gasteiger partial charge in [0.25, 0.3) is 0 Å². The molecule has 1 rings (SSSR count). The molecule has 116 valence electrons. The van der Waals surface area contributed by atoms with Crippen molar-refractivity contribution in [3.8, 4) is 5.75 Å². The van der Waals surface area contributed by atoms with Crippen molar-refractivity contribution in [3.05, 3.63) is 65.5 Å². The summed E-state index contributed by atoms with van der Waals surface area (Å²) in [5, 5.41) is 18.8. The smallest absolute Gasteiger partial charge is 0.115 e. The van der Waals surface area contributed by atoms with E-state index in [2.05, 4.69) is 19.6 Å². The Kier molecular flexibility index (Phi) is 8.17. The number of phenols is 1. The van der Waals surface area contributed by atoms with Crippen molar-refractivity contribution < 1.29 is 10.2 Å². The van der Waals surface area contributed by atoms with Crippen LogP contribution in [0.3, 0.4) is 0 Å². The second-order valence-corrected chi connectivity index (χ2v) is 4.96. The molecule has 0 aliphatic carbocycles. The quantitative estimate of drug-likeness (QED) is 0.574. The third kappa shape index (κ3) is 5.48. The minimum Gasteiger partial charge on any atom is -0.508 e. The van der Waals surface area contributed by atoms with Crippen LogP contribution in [0.2, 0.25) is 0 Å². The van der Waals surface area contributed by atoms with Crippen molar-refractivity contribution in [2.24, 2.45) is 5.73 Å². The minimum absolute atomic E-state index is 0.188. The summed E-state index contributed by atoms with van der Waals surface area (Å²) in [6, 6.07) is 7.22. The van der Waals surface area contributed by atoms with Crippen LogP contribution in [-0.2, 0) is 5.41 Å². The van der Waals surface area contributed by atoms with Crippen LogP contribution in [0.15, 0.2) is 59.9 Å². The first kappa shape index (κ1) is 19.0. The van der Waals surface area contributed by atoms with E-state index in [-0.39, 0.29) is 16.9 Å². The predicted molar refractivity (Wildman–Crippen MR) is 90.5 cm³/mol. The zero-order valence-corrected chi connectivity index (χ0v) is 13.6. The molecule has 0 aliphatic heterocycles. The van der Waals surface area contributed by atoms with E-state index in [1.165, 1.54) is 7.05 Å². The molecule has 1 aromatic carbocycles. The first-order valence-corrected chi connectivity index (χ1v) is 6.99. The molecule has 0 saturated heterocycles. The Morgan fingerprint density at radius 3 is 1.95 bits per heavy atom. The number of rotatable bonds is 4. The average Bonchev–Trinajstić information content (AvgIpc) is 2.49. The normalized spacial score (nSPS) is 13.0. The maximum atomic E-state index is 9.49. The Morgan fingerprint density at radius 2 is 1.52 bits per heavy atom. The zero-order chi connectivity index (χ0) is 16.5. The molecule has 0 aliphatic rings. The van der Waals surface area contributed by atoms with Crippen LogP contribution in [0, 0.1) is 0 Å². The molecule has 3 heteroatoms. The van der Waals surface area contributed by atoms with Gasteiger partial charge in [0.15, 0.2) is 0 Å². The van der Waals surface area contributed by atoms with Gasteiger partial charge in [-0.2, -0.15) is 0 Å². The van der Waals surface area contributed by atoms with Crippen molar-refractivity contribution in [1.29, 1.82) is 0 Å². The van der Waals surface area contributed by atoms with E-state index >= 15 is 0 Å². The number of benzene rings is 1. The highest BCUT2D eigenvalue weighted by molar-refractivity contribution is 5.42. The molecule has 0 spiro atoms. The van der Waals surface area contributed by atoms with Gasteiger partial charge < -0.3 is 15.9 Å². The van der Waals surface area contributed by atoms with Gasteiger partial charge in [0.1, 0.15) is 11.5 Å². The molecule has 0 unspecified atom stereocenters. The second-order valence-electron chi connectivity index (χ2n) is 4.96. The first-order chi connectivity index (χ1) is 9.91. The van der Waals surface area contributed by atoms with E-state index in [4.69, 9.17) is 0 Å². The minimum atomic E-state index is -0.188. The molecule has 0 saturated carbocycles. The van der Waals surface area contributed by atoms with Crippen LogP contribution in [0.25, 0.3) is 0 Å². The number of allylic oxidation sites excluding steroid dienone is 5. The molecular formula is C18H27NO2. The summed E-state index contributed by atoms with van der Waals surface area (Å²) in [5.74, 6) is 0.518. The predicted octanol–water partition coefficient (Wildman–Crippen LogP) is 4.21. The van der Waals surface area contributed by atoms with Gasteiger partial charge in [-0.3, -0.25) is 0 Å². The van der Waals surface area contributed by atoms with Crippen molar-refractivity contribution in [3.63, 3.8) is 0 Å². The summed E-state index contributed by atoms with van der Waals surface area (Å²) >= 11 is 0. The highest BCUT2D eigenvalue weighted by atomic mass is 16.3. The Hall–Kier alpha value is -2.00. The number of aliphatic hydroxyl groups excluding tert-OH is 1. The van der Waals surface area contributed by atoms with Crippen molar-refractivity contribution in [2.75, 3.05) is 7.05 Å². The fraction of sp³-hybridized carbons (Fsp3) is 0.333. The van der Waals surface area contributed by atoms with Crippen LogP contribution >= 0.6 is 0 Å². The van der Waals surface area contributed by atoms with Gasteiger partial charge >= 0.3 is 0 Å². The van der Waals surface area contributed by atoms with E-state index in [9.17, 15) is 10.2 Å². The largest absolute Gasteiger partial charge is 0.508 e. The standard InChI is InChI=1S/C17H22O2.CH5N/c1-5-13(7-10-15(18)6-2)17(3,4)14-8-11-16(19)12-9-14;1-2/h5-12,18-19H,1-4H3;2H2,1H3/b10-7-,13-5+,15-6+;. The summed E-state index contributed by atoms with van der Waals surface area (Å²) in [6.07, 6.45) is 7.29. The number of aromatic hydroxyl groups is 1. The molecule has 0 amide bonds. The van der Waals surface area contributed by atoms with Crippen molar-refractivity contribution >= 4 is 0 Å². The van der Waals surface area contributed by atoms with Gasteiger partial charge in [0.2, 0.25) is 0 Å². The molecule has 0 atom stereocenters. The lowest BCUT2D eigenvalue weighted by Crippen LogP contribution is -2.19. The van der Waals surface area contributed by atoms with E-state index in [0.29, 0.717) is 0 Å². The number of hydrogen-bond acceptors (Lipinski definition) is 3. The van der Waals surface area contributed by atoms with Gasteiger partial charge in [-0.1, -0.05) is 38.1 Å². The summed E-state index contributed by atoms with van der Waals surface area (Å²) in [7, 11) is 1.50. The Bertz CT molecular complexity index is 509. The van der Waals surface area contributed by atoms with Crippen LogP contribution in [0.1, 0.15) is 33.3 Å². The van der Waals surface area contributed by atoms with Gasteiger partial charge in [0.05, 0.1) is 0 Å². The maximum absolute atomic E-state index is 9.49. The molecule has 21 heavy (non-hydrogen) atoms. The van der Waals surface area contributed by atoms with Crippen molar-refractivity contribution in [2.45, 2.75) is 33.1 Å². The maximum Gasteiger partial charge on any atom is 0.115 e. The summed E-state index contributed by atoms with van der Waals surface area (Å²) in [6.45, 7) is 8.01. The lowest BCUT2D eigenvalue weighted by atomic mass is 9.77. The molecule has 0 bridgehead atoms. The Balaban J connectivity index is 0.00000191. The fourth-order valence-corrected chi connectivity index (χ4v) is 1.98. The van der Waals surface area contributed by atoms with Gasteiger partial charge in [-0.25, -0.2) is 0 Å². The lowest BCUT2D eigenvalue weighted by molar-refractivity contribution is 0.431. The number of phenolic OH excluding ortho intramolecular Hbond substituents is 1. The Labute approximate surface area is 128 Å². The van der Waals surface area contributed by atoms with Gasteiger partial charge in [-0.05, 0) is 56.3 Å². The molecular weight excluding hydrogens is 262 g/mol. The molecule has 1 aromatic rings. The first-order valence-electron chi connectivity index (χ1n) is 6.99. The van der Waals surface area contributed by atoms with Crippen LogP contribution in [0.5, 0.6) is 5.75 Å².